The number of carbonyl (C=O) groups excluding carboxylic acids is 5. The Balaban J connectivity index is 0.000000229. The SMILES string of the molecule is CN(C)C(=O)C1[C@H]2CN(c3cnc(N(C(=O)OC(C)(C)C)C(=O)OC(C)(C)C)c(-c4nnc(-c5ccc(CN(C)C(=O)OC(C)(C)C)cc5)o4)n3)C[C@@H]12.CNCc1ccc(-c2nnc(-c3nc(N4C[C@@H]5C(C(=O)N(C)C)[C@@H]5C4)cnc3N)o2)cc1. The summed E-state index contributed by atoms with van der Waals surface area (Å²) in [7, 11) is 10.7. The van der Waals surface area contributed by atoms with E-state index in [4.69, 9.17) is 33.8 Å². The molecule has 0 bridgehead atoms. The standard InChI is InChI=1S/C37H50N8O8.C22H26N8O2/c1-35(2,3)51-32(47)43(12)18-21-13-15-22(16-14-21)29-40-41-30(50-29)27-28(45(33(48)52-36(4,5)6)34(49)53-37(7,8)9)38-17-25(39-27)44-19-23-24(20-44)26(23)31(46)42(10)11;1-24-8-12-4-6-13(7-5-12)20-27-28-21(32-20)18-19(23)25-9-16(26-18)30-10-14-15(11-30)17(14)22(31)29(2)3/h13-17,23-24,26H,18-20H2,1-12H3;4-7,9,14-15,17,24H,8,10-11H2,1-3H3,(H2,23,25)/t23-,24+,26?;14-,15+,17?. The maximum atomic E-state index is 13.6. The molecule has 2 unspecified atom stereocenters. The number of aromatic nitrogens is 8. The molecule has 6 heterocycles. The molecule has 10 rings (SSSR count). The predicted octanol–water partition coefficient (Wildman–Crippen LogP) is 7.27. The van der Waals surface area contributed by atoms with Crippen molar-refractivity contribution >= 4 is 53.4 Å². The summed E-state index contributed by atoms with van der Waals surface area (Å²) in [6.07, 6.45) is 0.605. The minimum atomic E-state index is -1.03. The lowest BCUT2D eigenvalue weighted by Gasteiger charge is -2.29. The van der Waals surface area contributed by atoms with Gasteiger partial charge in [0.1, 0.15) is 28.4 Å². The van der Waals surface area contributed by atoms with E-state index >= 15 is 0 Å². The van der Waals surface area contributed by atoms with Crippen LogP contribution in [0.3, 0.4) is 0 Å². The van der Waals surface area contributed by atoms with Gasteiger partial charge in [0.25, 0.3) is 11.8 Å². The van der Waals surface area contributed by atoms with Crippen LogP contribution in [-0.2, 0) is 36.9 Å². The molecule has 3 N–H and O–H groups in total. The van der Waals surface area contributed by atoms with Crippen LogP contribution in [-0.4, -0.2) is 170 Å². The molecule has 26 heteroatoms. The number of amides is 5. The summed E-state index contributed by atoms with van der Waals surface area (Å²) in [4.78, 5) is 92.6. The quantitative estimate of drug-likeness (QED) is 0.107. The number of anilines is 4. The molecule has 2 aromatic carbocycles. The van der Waals surface area contributed by atoms with Crippen LogP contribution in [0.25, 0.3) is 46.1 Å². The summed E-state index contributed by atoms with van der Waals surface area (Å²) >= 11 is 0. The summed E-state index contributed by atoms with van der Waals surface area (Å²) in [5.41, 5.74) is 7.25. The fourth-order valence-electron chi connectivity index (χ4n) is 10.4. The number of nitrogen functional groups attached to an aromatic ring is 1. The van der Waals surface area contributed by atoms with Gasteiger partial charge in [-0.05, 0) is 128 Å². The van der Waals surface area contributed by atoms with E-state index in [1.807, 2.05) is 69.1 Å². The van der Waals surface area contributed by atoms with Crippen LogP contribution in [0.2, 0.25) is 0 Å². The number of carbonyl (C=O) groups is 5. The molecule has 452 valence electrons. The molecule has 0 spiro atoms. The summed E-state index contributed by atoms with van der Waals surface area (Å²) in [5, 5.41) is 19.9. The van der Waals surface area contributed by atoms with Crippen molar-refractivity contribution in [3.05, 3.63) is 72.1 Å². The number of piperidine rings is 2. The number of benzene rings is 2. The van der Waals surface area contributed by atoms with Crippen molar-refractivity contribution in [3.63, 3.8) is 0 Å². The summed E-state index contributed by atoms with van der Waals surface area (Å²) in [5.74, 6) is 3.31. The van der Waals surface area contributed by atoms with E-state index < -0.39 is 35.1 Å². The normalized spacial score (nSPS) is 19.4. The van der Waals surface area contributed by atoms with Crippen LogP contribution >= 0.6 is 0 Å². The smallest absolute Gasteiger partial charge is 0.425 e. The fourth-order valence-corrected chi connectivity index (χ4v) is 10.4. The lowest BCUT2D eigenvalue weighted by Crippen LogP contribution is -2.44. The number of nitrogens with zero attached hydrogens (tertiary/aromatic N) is 14. The highest BCUT2D eigenvalue weighted by Gasteiger charge is 2.61. The van der Waals surface area contributed by atoms with E-state index in [9.17, 15) is 24.0 Å². The van der Waals surface area contributed by atoms with Crippen LogP contribution in [0.1, 0.15) is 73.4 Å². The van der Waals surface area contributed by atoms with Crippen LogP contribution in [0.15, 0.2) is 69.8 Å². The van der Waals surface area contributed by atoms with Crippen LogP contribution in [0.4, 0.5) is 37.7 Å². The molecule has 6 atom stereocenters. The number of rotatable bonds is 13. The van der Waals surface area contributed by atoms with E-state index in [2.05, 4.69) is 45.6 Å². The molecule has 0 radical (unpaired) electrons. The molecule has 26 nitrogen and oxygen atoms in total. The van der Waals surface area contributed by atoms with Gasteiger partial charge < -0.3 is 58.6 Å². The third-order valence-electron chi connectivity index (χ3n) is 14.5. The zero-order chi connectivity index (χ0) is 61.6. The predicted molar refractivity (Wildman–Crippen MR) is 314 cm³/mol. The highest BCUT2D eigenvalue weighted by molar-refractivity contribution is 6.10. The molecule has 2 aliphatic heterocycles. The monoisotopic (exact) mass is 1170 g/mol. The highest BCUT2D eigenvalue weighted by atomic mass is 16.6. The van der Waals surface area contributed by atoms with E-state index in [0.29, 0.717) is 65.2 Å². The number of nitrogens with two attached hydrogens (primary N) is 1. The molecule has 6 aromatic rings. The van der Waals surface area contributed by atoms with Crippen LogP contribution in [0, 0.1) is 35.5 Å². The zero-order valence-corrected chi connectivity index (χ0v) is 50.9. The number of imide groups is 1. The Morgan fingerprint density at radius 2 is 0.953 bits per heavy atom. The molecule has 4 aromatic heterocycles. The average molecular weight is 1170 g/mol. The third kappa shape index (κ3) is 14.1. The van der Waals surface area contributed by atoms with Gasteiger partial charge in [0, 0.05) is 97.5 Å². The summed E-state index contributed by atoms with van der Waals surface area (Å²) in [6.45, 7) is 19.3. The fraction of sp³-hybridized carbons (Fsp3) is 0.508. The topological polar surface area (TPSA) is 300 Å². The zero-order valence-electron chi connectivity index (χ0n) is 50.9. The highest BCUT2D eigenvalue weighted by Crippen LogP contribution is 2.54. The van der Waals surface area contributed by atoms with Crippen molar-refractivity contribution < 1.29 is 47.0 Å². The summed E-state index contributed by atoms with van der Waals surface area (Å²) < 4.78 is 28.7. The lowest BCUT2D eigenvalue weighted by molar-refractivity contribution is -0.131. The molecule has 2 saturated carbocycles. The van der Waals surface area contributed by atoms with E-state index in [-0.39, 0.29) is 70.5 Å². The maximum absolute atomic E-state index is 13.6. The Bertz CT molecular complexity index is 3390. The third-order valence-corrected chi connectivity index (χ3v) is 14.5. The molecule has 2 aliphatic carbocycles. The molecule has 4 aliphatic rings. The van der Waals surface area contributed by atoms with Gasteiger partial charge in [-0.1, -0.05) is 24.3 Å². The van der Waals surface area contributed by atoms with Crippen molar-refractivity contribution in [2.24, 2.45) is 35.5 Å². The second-order valence-electron chi connectivity index (χ2n) is 25.2. The van der Waals surface area contributed by atoms with E-state index in [1.165, 1.54) is 11.1 Å². The maximum Gasteiger partial charge on any atom is 0.425 e. The first-order chi connectivity index (χ1) is 40.0. The molecule has 4 fully saturated rings. The van der Waals surface area contributed by atoms with Crippen molar-refractivity contribution in [1.29, 1.82) is 0 Å². The van der Waals surface area contributed by atoms with Gasteiger partial charge in [0.15, 0.2) is 23.0 Å². The van der Waals surface area contributed by atoms with Gasteiger partial charge in [0.05, 0.1) is 12.4 Å². The molecule has 5 amide bonds. The Kier molecular flexibility index (Phi) is 16.9. The van der Waals surface area contributed by atoms with Crippen molar-refractivity contribution in [2.75, 3.05) is 88.9 Å². The minimum Gasteiger partial charge on any atom is -0.444 e. The molecular formula is C59H76N16O10. The van der Waals surface area contributed by atoms with E-state index in [1.54, 1.807) is 105 Å². The van der Waals surface area contributed by atoms with Gasteiger partial charge >= 0.3 is 18.3 Å². The Labute approximate surface area is 493 Å². The Hall–Kier alpha value is -8.81. The number of ether oxygens (including phenoxy) is 3. The first-order valence-electron chi connectivity index (χ1n) is 28.1. The lowest BCUT2D eigenvalue weighted by atomic mass is 10.1. The number of hydrogen-bond acceptors (Lipinski definition) is 22. The van der Waals surface area contributed by atoms with Crippen molar-refractivity contribution in [3.8, 4) is 46.1 Å². The average Bonchev–Trinajstić information content (AvgIpc) is 1.74. The number of hydrogen-bond donors (Lipinski definition) is 2. The minimum absolute atomic E-state index is 0.0367. The molecule has 2 saturated heterocycles. The van der Waals surface area contributed by atoms with Gasteiger partial charge in [0.2, 0.25) is 23.6 Å². The van der Waals surface area contributed by atoms with Gasteiger partial charge in [-0.25, -0.2) is 34.3 Å². The largest absolute Gasteiger partial charge is 0.444 e. The van der Waals surface area contributed by atoms with Gasteiger partial charge in [-0.15, -0.1) is 20.4 Å². The number of fused-ring (bicyclic) bond motifs is 2. The van der Waals surface area contributed by atoms with Crippen LogP contribution < -0.4 is 25.8 Å². The molecule has 85 heavy (non-hydrogen) atoms. The van der Waals surface area contributed by atoms with Gasteiger partial charge in [-0.2, -0.15) is 4.90 Å². The first-order valence-corrected chi connectivity index (χ1v) is 28.1. The van der Waals surface area contributed by atoms with Crippen LogP contribution in [0.5, 0.6) is 0 Å². The Morgan fingerprint density at radius 1 is 0.565 bits per heavy atom. The first kappa shape index (κ1) is 60.8. The van der Waals surface area contributed by atoms with Crippen molar-refractivity contribution in [2.45, 2.75) is 92.2 Å². The van der Waals surface area contributed by atoms with E-state index in [0.717, 1.165) is 36.3 Å². The Morgan fingerprint density at radius 3 is 1.38 bits per heavy atom. The van der Waals surface area contributed by atoms with Gasteiger partial charge in [-0.3, -0.25) is 9.59 Å². The summed E-state index contributed by atoms with van der Waals surface area (Å²) in [6, 6.07) is 15.1. The molecular weight excluding hydrogens is 1090 g/mol. The number of nitrogens with one attached hydrogen (secondary N) is 1. The second-order valence-corrected chi connectivity index (χ2v) is 25.2. The van der Waals surface area contributed by atoms with Crippen molar-refractivity contribution in [1.82, 2.24) is 60.3 Å². The second kappa shape index (κ2) is 23.7.